The van der Waals surface area contributed by atoms with E-state index in [1.807, 2.05) is 0 Å². The van der Waals surface area contributed by atoms with Gasteiger partial charge >= 0.3 is 0 Å². The van der Waals surface area contributed by atoms with Gasteiger partial charge in [0.15, 0.2) is 0 Å². The van der Waals surface area contributed by atoms with Crippen LogP contribution in [0.25, 0.3) is 0 Å². The monoisotopic (exact) mass is 235 g/mol. The van der Waals surface area contributed by atoms with Crippen molar-refractivity contribution in [3.63, 3.8) is 0 Å². The van der Waals surface area contributed by atoms with E-state index in [9.17, 15) is 0 Å². The molecule has 1 unspecified atom stereocenters. The van der Waals surface area contributed by atoms with Gasteiger partial charge in [-0.15, -0.1) is 0 Å². The van der Waals surface area contributed by atoms with Crippen LogP contribution in [0.3, 0.4) is 0 Å². The molecule has 92 valence electrons. The third-order valence-corrected chi connectivity index (χ3v) is 2.86. The van der Waals surface area contributed by atoms with E-state index in [1.165, 1.54) is 51.5 Å². The Balaban J connectivity index is 0.00000196. The van der Waals surface area contributed by atoms with Crippen LogP contribution in [0.15, 0.2) is 0 Å². The molecule has 1 aliphatic heterocycles. The fraction of sp³-hybridized carbons (Fsp3) is 1.00. The molecule has 1 atom stereocenters. The van der Waals surface area contributed by atoms with Gasteiger partial charge in [-0.2, -0.15) is 0 Å². The summed E-state index contributed by atoms with van der Waals surface area (Å²) in [7, 11) is 4.46. The van der Waals surface area contributed by atoms with Crippen LogP contribution in [0.1, 0.15) is 44.9 Å². The molecule has 0 aromatic carbocycles. The van der Waals surface area contributed by atoms with E-state index in [-0.39, 0.29) is 12.4 Å². The molecule has 0 saturated carbocycles. The Bertz CT molecular complexity index is 130. The molecule has 3 heteroatoms. The second-order valence-electron chi connectivity index (χ2n) is 4.82. The zero-order valence-electron chi connectivity index (χ0n) is 10.2. The van der Waals surface area contributed by atoms with Crippen LogP contribution >= 0.6 is 0 Å². The summed E-state index contributed by atoms with van der Waals surface area (Å²) >= 11 is 0. The first-order chi connectivity index (χ1) is 6.79. The van der Waals surface area contributed by atoms with Crippen molar-refractivity contribution in [3.8, 4) is 0 Å². The number of hydrogen-bond acceptors (Lipinski definition) is 1. The van der Waals surface area contributed by atoms with Crippen molar-refractivity contribution in [3.05, 3.63) is 0 Å². The van der Waals surface area contributed by atoms with Gasteiger partial charge in [0.2, 0.25) is 0 Å². The van der Waals surface area contributed by atoms with Crippen molar-refractivity contribution in [2.75, 3.05) is 27.2 Å². The Hall–Kier alpha value is 0.210. The first-order valence-corrected chi connectivity index (χ1v) is 6.19. The third-order valence-electron chi connectivity index (χ3n) is 2.86. The molecule has 1 N–H and O–H groups in total. The lowest BCUT2D eigenvalue weighted by atomic mass is 10.1. The zero-order chi connectivity index (χ0) is 10.2. The highest BCUT2D eigenvalue weighted by atomic mass is 35.5. The number of quaternary nitrogens is 1. The predicted octanol–water partition coefficient (Wildman–Crippen LogP) is -1.74. The molecular formula is C12H26ClNO. The molecule has 1 aliphatic rings. The van der Waals surface area contributed by atoms with Gasteiger partial charge in [-0.05, 0) is 19.3 Å². The van der Waals surface area contributed by atoms with E-state index in [1.54, 1.807) is 4.90 Å². The second kappa shape index (κ2) is 9.44. The van der Waals surface area contributed by atoms with E-state index in [4.69, 9.17) is 4.74 Å². The van der Waals surface area contributed by atoms with E-state index < -0.39 is 0 Å². The number of epoxide rings is 1. The third kappa shape index (κ3) is 10.5. The quantitative estimate of drug-likeness (QED) is 0.371. The average Bonchev–Trinajstić information content (AvgIpc) is 2.92. The summed E-state index contributed by atoms with van der Waals surface area (Å²) < 4.78 is 5.18. The summed E-state index contributed by atoms with van der Waals surface area (Å²) in [6, 6.07) is 0. The smallest absolute Gasteiger partial charge is 0.0810 e. The molecule has 15 heavy (non-hydrogen) atoms. The van der Waals surface area contributed by atoms with Gasteiger partial charge < -0.3 is 22.0 Å². The molecule has 1 heterocycles. The van der Waals surface area contributed by atoms with Crippen LogP contribution in [0.2, 0.25) is 0 Å². The Kier molecular flexibility index (Phi) is 9.57. The average molecular weight is 236 g/mol. The van der Waals surface area contributed by atoms with E-state index in [2.05, 4.69) is 14.1 Å². The van der Waals surface area contributed by atoms with Gasteiger partial charge in [-0.25, -0.2) is 0 Å². The van der Waals surface area contributed by atoms with Crippen LogP contribution in [0, 0.1) is 0 Å². The van der Waals surface area contributed by atoms with Gasteiger partial charge in [0, 0.05) is 0 Å². The van der Waals surface area contributed by atoms with Crippen molar-refractivity contribution in [2.45, 2.75) is 51.0 Å². The molecular weight excluding hydrogens is 210 g/mol. The van der Waals surface area contributed by atoms with Crippen molar-refractivity contribution < 1.29 is 22.0 Å². The number of unbranched alkanes of at least 4 members (excludes halogenated alkanes) is 5. The summed E-state index contributed by atoms with van der Waals surface area (Å²) in [5.41, 5.74) is 0. The maximum atomic E-state index is 5.18. The summed E-state index contributed by atoms with van der Waals surface area (Å²) in [6.07, 6.45) is 10.4. The Morgan fingerprint density at radius 3 is 2.07 bits per heavy atom. The highest BCUT2D eigenvalue weighted by Crippen LogP contribution is 2.17. The van der Waals surface area contributed by atoms with E-state index >= 15 is 0 Å². The highest BCUT2D eigenvalue weighted by molar-refractivity contribution is 4.68. The molecule has 1 rings (SSSR count). The van der Waals surface area contributed by atoms with E-state index in [0.29, 0.717) is 6.10 Å². The number of ether oxygens (including phenoxy) is 1. The number of nitrogens with one attached hydrogen (secondary N) is 1. The maximum absolute atomic E-state index is 5.18. The van der Waals surface area contributed by atoms with Crippen molar-refractivity contribution in [1.82, 2.24) is 0 Å². The predicted molar refractivity (Wildman–Crippen MR) is 59.7 cm³/mol. The Morgan fingerprint density at radius 2 is 1.53 bits per heavy atom. The largest absolute Gasteiger partial charge is 1.00 e. The summed E-state index contributed by atoms with van der Waals surface area (Å²) in [5.74, 6) is 0. The lowest BCUT2D eigenvalue weighted by Crippen LogP contribution is -3.05. The topological polar surface area (TPSA) is 17.0 Å². The molecule has 0 radical (unpaired) electrons. The van der Waals surface area contributed by atoms with Crippen molar-refractivity contribution >= 4 is 0 Å². The van der Waals surface area contributed by atoms with Crippen LogP contribution in [0.4, 0.5) is 0 Å². The molecule has 1 fully saturated rings. The lowest BCUT2D eigenvalue weighted by molar-refractivity contribution is -0.858. The normalized spacial score (nSPS) is 19.0. The van der Waals surface area contributed by atoms with Crippen LogP contribution < -0.4 is 17.3 Å². The Morgan fingerprint density at radius 1 is 1.00 bits per heavy atom. The lowest BCUT2D eigenvalue weighted by Gasteiger charge is -2.06. The number of rotatable bonds is 9. The molecule has 2 nitrogen and oxygen atoms in total. The molecule has 0 spiro atoms. The minimum atomic E-state index is 0. The first kappa shape index (κ1) is 15.2. The van der Waals surface area contributed by atoms with Gasteiger partial charge in [-0.3, -0.25) is 0 Å². The molecule has 0 aromatic heterocycles. The molecule has 0 aromatic rings. The molecule has 1 saturated heterocycles. The summed E-state index contributed by atoms with van der Waals surface area (Å²) in [6.45, 7) is 2.36. The Labute approximate surface area is 101 Å². The van der Waals surface area contributed by atoms with Gasteiger partial charge in [0.05, 0.1) is 33.4 Å². The van der Waals surface area contributed by atoms with Crippen LogP contribution in [-0.4, -0.2) is 33.4 Å². The first-order valence-electron chi connectivity index (χ1n) is 6.19. The molecule has 0 aliphatic carbocycles. The number of hydrogen-bond donors (Lipinski definition) is 1. The fourth-order valence-electron chi connectivity index (χ4n) is 1.79. The van der Waals surface area contributed by atoms with E-state index in [0.717, 1.165) is 6.61 Å². The zero-order valence-corrected chi connectivity index (χ0v) is 11.0. The fourth-order valence-corrected chi connectivity index (χ4v) is 1.79. The van der Waals surface area contributed by atoms with Gasteiger partial charge in [0.25, 0.3) is 0 Å². The minimum absolute atomic E-state index is 0. The van der Waals surface area contributed by atoms with Crippen LogP contribution in [-0.2, 0) is 4.74 Å². The minimum Gasteiger partial charge on any atom is -1.00 e. The SMILES string of the molecule is C[NH+](C)CCCCCCCCC1CO1.[Cl-]. The van der Waals surface area contributed by atoms with Crippen LogP contribution in [0.5, 0.6) is 0 Å². The maximum Gasteiger partial charge on any atom is 0.0810 e. The standard InChI is InChI=1S/C12H25NO.ClH/c1-13(2)10-8-6-4-3-5-7-9-12-11-14-12;/h12H,3-11H2,1-2H3;1H. The van der Waals surface area contributed by atoms with Crippen molar-refractivity contribution in [1.29, 1.82) is 0 Å². The van der Waals surface area contributed by atoms with Crippen molar-refractivity contribution in [2.24, 2.45) is 0 Å². The summed E-state index contributed by atoms with van der Waals surface area (Å²) in [4.78, 5) is 1.58. The second-order valence-corrected chi connectivity index (χ2v) is 4.82. The summed E-state index contributed by atoms with van der Waals surface area (Å²) in [5, 5.41) is 0. The molecule has 0 bridgehead atoms. The van der Waals surface area contributed by atoms with Gasteiger partial charge in [0.1, 0.15) is 0 Å². The highest BCUT2D eigenvalue weighted by Gasteiger charge is 2.20. The molecule has 0 amide bonds. The number of halogens is 1. The van der Waals surface area contributed by atoms with Gasteiger partial charge in [-0.1, -0.05) is 25.7 Å².